The van der Waals surface area contributed by atoms with Crippen LogP contribution in [0.2, 0.25) is 0 Å². The average Bonchev–Trinajstić information content (AvgIpc) is 2.74. The van der Waals surface area contributed by atoms with Crippen LogP contribution in [0, 0.1) is 24.2 Å². The third-order valence-electron chi connectivity index (χ3n) is 6.99. The van der Waals surface area contributed by atoms with Crippen LogP contribution >= 0.6 is 11.8 Å². The van der Waals surface area contributed by atoms with Crippen LogP contribution in [0.3, 0.4) is 0 Å². The van der Waals surface area contributed by atoms with Crippen molar-refractivity contribution in [2.75, 3.05) is 29.5 Å². The number of aryl methyl sites for hydroxylation is 2. The van der Waals surface area contributed by atoms with Gasteiger partial charge in [0.05, 0.1) is 0 Å². The number of aromatic nitrogens is 1. The van der Waals surface area contributed by atoms with Crippen molar-refractivity contribution in [1.82, 2.24) is 4.98 Å². The molecule has 0 radical (unpaired) electrons. The maximum Gasteiger partial charge on any atom is 0.118 e. The monoisotopic (exact) mass is 443 g/mol. The SMILES string of the molecule is Cc1cc(C(CC(c2ccc(N3CC4(CSC4)C3)cc2)c2ccccc2C)N=O)ccn1. The van der Waals surface area contributed by atoms with Gasteiger partial charge in [-0.15, -0.1) is 0 Å². The molecule has 5 heteroatoms. The molecule has 0 saturated carbocycles. The van der Waals surface area contributed by atoms with E-state index >= 15 is 0 Å². The number of rotatable bonds is 7. The van der Waals surface area contributed by atoms with Gasteiger partial charge in [-0.1, -0.05) is 41.6 Å². The Hall–Kier alpha value is -2.66. The second kappa shape index (κ2) is 8.70. The van der Waals surface area contributed by atoms with Gasteiger partial charge in [-0.3, -0.25) is 4.98 Å². The lowest BCUT2D eigenvalue weighted by atomic mass is 9.81. The molecule has 0 N–H and O–H groups in total. The highest BCUT2D eigenvalue weighted by molar-refractivity contribution is 8.00. The first-order chi connectivity index (χ1) is 15.6. The number of hydrogen-bond donors (Lipinski definition) is 0. The van der Waals surface area contributed by atoms with E-state index in [0.29, 0.717) is 11.8 Å². The van der Waals surface area contributed by atoms with Crippen molar-refractivity contribution >= 4 is 17.4 Å². The van der Waals surface area contributed by atoms with Gasteiger partial charge in [0, 0.05) is 53.5 Å². The highest BCUT2D eigenvalue weighted by Gasteiger charge is 2.48. The minimum atomic E-state index is -0.410. The summed E-state index contributed by atoms with van der Waals surface area (Å²) in [4.78, 5) is 18.7. The molecule has 2 fully saturated rings. The van der Waals surface area contributed by atoms with Gasteiger partial charge in [-0.25, -0.2) is 0 Å². The molecule has 2 aliphatic heterocycles. The van der Waals surface area contributed by atoms with Crippen molar-refractivity contribution in [3.63, 3.8) is 0 Å². The molecule has 2 unspecified atom stereocenters. The van der Waals surface area contributed by atoms with Crippen LogP contribution in [0.4, 0.5) is 5.69 Å². The summed E-state index contributed by atoms with van der Waals surface area (Å²) < 4.78 is 0. The van der Waals surface area contributed by atoms with Crippen LogP contribution in [0.15, 0.2) is 72.0 Å². The largest absolute Gasteiger partial charge is 0.370 e. The molecule has 3 heterocycles. The first-order valence-electron chi connectivity index (χ1n) is 11.3. The van der Waals surface area contributed by atoms with Crippen LogP contribution in [0.5, 0.6) is 0 Å². The number of benzene rings is 2. The Morgan fingerprint density at radius 2 is 1.78 bits per heavy atom. The van der Waals surface area contributed by atoms with Gasteiger partial charge in [0.15, 0.2) is 0 Å². The molecule has 32 heavy (non-hydrogen) atoms. The van der Waals surface area contributed by atoms with Gasteiger partial charge >= 0.3 is 0 Å². The molecule has 2 aliphatic rings. The summed E-state index contributed by atoms with van der Waals surface area (Å²) in [5.74, 6) is 2.73. The minimum absolute atomic E-state index is 0.104. The smallest absolute Gasteiger partial charge is 0.118 e. The molecule has 3 aromatic rings. The van der Waals surface area contributed by atoms with Crippen molar-refractivity contribution in [1.29, 1.82) is 0 Å². The third-order valence-corrected chi connectivity index (χ3v) is 8.62. The summed E-state index contributed by atoms with van der Waals surface area (Å²) in [6.45, 7) is 6.45. The van der Waals surface area contributed by atoms with Crippen molar-refractivity contribution in [3.05, 3.63) is 99.7 Å². The van der Waals surface area contributed by atoms with Crippen molar-refractivity contribution < 1.29 is 0 Å². The van der Waals surface area contributed by atoms with Crippen LogP contribution in [0.1, 0.15) is 46.3 Å². The fraction of sp³-hybridized carbons (Fsp3) is 0.370. The van der Waals surface area contributed by atoms with Crippen LogP contribution in [-0.2, 0) is 0 Å². The lowest BCUT2D eigenvalue weighted by molar-refractivity contribution is 0.273. The minimum Gasteiger partial charge on any atom is -0.370 e. The molecule has 2 saturated heterocycles. The number of thioether (sulfide) groups is 1. The number of pyridine rings is 1. The maximum absolute atomic E-state index is 11.9. The Labute approximate surface area is 194 Å². The first kappa shape index (κ1) is 21.2. The summed E-state index contributed by atoms with van der Waals surface area (Å²) in [7, 11) is 0. The lowest BCUT2D eigenvalue weighted by Gasteiger charge is -2.56. The van der Waals surface area contributed by atoms with E-state index in [2.05, 4.69) is 82.3 Å². The molecule has 0 aliphatic carbocycles. The van der Waals surface area contributed by atoms with E-state index in [4.69, 9.17) is 0 Å². The molecule has 2 aromatic carbocycles. The van der Waals surface area contributed by atoms with Crippen LogP contribution < -0.4 is 4.90 Å². The molecule has 5 rings (SSSR count). The van der Waals surface area contributed by atoms with Crippen LogP contribution in [-0.4, -0.2) is 29.6 Å². The van der Waals surface area contributed by atoms with Gasteiger partial charge < -0.3 is 4.90 Å². The first-order valence-corrected chi connectivity index (χ1v) is 12.5. The quantitative estimate of drug-likeness (QED) is 0.403. The predicted octanol–water partition coefficient (Wildman–Crippen LogP) is 6.28. The van der Waals surface area contributed by atoms with E-state index in [1.165, 1.54) is 47.0 Å². The van der Waals surface area contributed by atoms with Gasteiger partial charge in [-0.05, 0) is 66.8 Å². The fourth-order valence-corrected chi connectivity index (χ4v) is 6.24. The number of nitrogens with zero attached hydrogens (tertiary/aromatic N) is 3. The highest BCUT2D eigenvalue weighted by Crippen LogP contribution is 2.47. The second-order valence-electron chi connectivity index (χ2n) is 9.44. The van der Waals surface area contributed by atoms with E-state index in [0.717, 1.165) is 11.3 Å². The van der Waals surface area contributed by atoms with Crippen LogP contribution in [0.25, 0.3) is 0 Å². The van der Waals surface area contributed by atoms with E-state index in [-0.39, 0.29) is 5.92 Å². The molecule has 2 atom stereocenters. The van der Waals surface area contributed by atoms with E-state index in [9.17, 15) is 4.91 Å². The molecule has 164 valence electrons. The Morgan fingerprint density at radius 3 is 2.41 bits per heavy atom. The zero-order valence-corrected chi connectivity index (χ0v) is 19.5. The molecule has 4 nitrogen and oxygen atoms in total. The van der Waals surface area contributed by atoms with E-state index in [1.807, 2.05) is 19.1 Å². The normalized spacial score (nSPS) is 18.5. The molecule has 1 spiro atoms. The zero-order chi connectivity index (χ0) is 22.1. The highest BCUT2D eigenvalue weighted by atomic mass is 32.2. The van der Waals surface area contributed by atoms with E-state index in [1.54, 1.807) is 6.20 Å². The maximum atomic E-state index is 11.9. The summed E-state index contributed by atoms with van der Waals surface area (Å²) in [5.41, 5.74) is 7.46. The Morgan fingerprint density at radius 1 is 1.03 bits per heavy atom. The van der Waals surface area contributed by atoms with Gasteiger partial charge in [0.2, 0.25) is 0 Å². The predicted molar refractivity (Wildman–Crippen MR) is 134 cm³/mol. The molecular weight excluding hydrogens is 414 g/mol. The zero-order valence-electron chi connectivity index (χ0n) is 18.7. The number of nitroso groups, excluding NO2 is 1. The number of anilines is 1. The Bertz CT molecular complexity index is 1100. The molecular formula is C27H29N3OS. The second-order valence-corrected chi connectivity index (χ2v) is 10.4. The standard InChI is InChI=1S/C27H29N3OS/c1-19-5-3-4-6-24(19)25(14-26(29-31)22-11-12-28-20(2)13-22)21-7-9-23(10-8-21)30-15-27(16-30)17-32-18-27/h3-13,25-26H,14-18H2,1-2H3. The molecule has 1 aromatic heterocycles. The summed E-state index contributed by atoms with van der Waals surface area (Å²) >= 11 is 2.06. The summed E-state index contributed by atoms with van der Waals surface area (Å²) in [6.07, 6.45) is 2.40. The summed E-state index contributed by atoms with van der Waals surface area (Å²) in [5, 5.41) is 3.53. The van der Waals surface area contributed by atoms with Gasteiger partial charge in [0.25, 0.3) is 0 Å². The fourth-order valence-electron chi connectivity index (χ4n) is 5.10. The number of hydrogen-bond acceptors (Lipinski definition) is 5. The Balaban J connectivity index is 1.42. The average molecular weight is 444 g/mol. The Kier molecular flexibility index (Phi) is 5.76. The topological polar surface area (TPSA) is 45.6 Å². The van der Waals surface area contributed by atoms with Crippen molar-refractivity contribution in [3.8, 4) is 0 Å². The van der Waals surface area contributed by atoms with Gasteiger partial charge in [-0.2, -0.15) is 16.7 Å². The lowest BCUT2D eigenvalue weighted by Crippen LogP contribution is -2.63. The molecule has 0 amide bonds. The summed E-state index contributed by atoms with van der Waals surface area (Å²) in [6, 6.07) is 20.9. The van der Waals surface area contributed by atoms with E-state index < -0.39 is 6.04 Å². The van der Waals surface area contributed by atoms with Crippen molar-refractivity contribution in [2.45, 2.75) is 32.2 Å². The molecule has 0 bridgehead atoms. The van der Waals surface area contributed by atoms with Gasteiger partial charge in [0.1, 0.15) is 6.04 Å². The third kappa shape index (κ3) is 4.06. The van der Waals surface area contributed by atoms with Crippen molar-refractivity contribution in [2.24, 2.45) is 10.6 Å².